The number of rotatable bonds is 1. The highest BCUT2D eigenvalue weighted by Gasteiger charge is 2.75. The van der Waals surface area contributed by atoms with Gasteiger partial charge in [-0.25, -0.2) is 4.79 Å². The summed E-state index contributed by atoms with van der Waals surface area (Å²) in [6, 6.07) is 7.65. The molecule has 2 aliphatic carbocycles. The number of esters is 1. The van der Waals surface area contributed by atoms with E-state index in [-0.39, 0.29) is 5.41 Å². The van der Waals surface area contributed by atoms with Crippen LogP contribution in [0, 0.1) is 5.41 Å². The number of aliphatic hydroxyl groups is 1. The zero-order valence-electron chi connectivity index (χ0n) is 12.6. The molecule has 0 unspecified atom stereocenters. The van der Waals surface area contributed by atoms with Gasteiger partial charge in [0, 0.05) is 10.8 Å². The second-order valence-electron chi connectivity index (χ2n) is 6.25. The number of ether oxygens (including phenoxy) is 1. The Morgan fingerprint density at radius 3 is 2.20 bits per heavy atom. The van der Waals surface area contributed by atoms with E-state index in [2.05, 4.69) is 13.8 Å². The second-order valence-corrected chi connectivity index (χ2v) is 6.25. The summed E-state index contributed by atoms with van der Waals surface area (Å²) in [7, 11) is 1.33. The van der Waals surface area contributed by atoms with Crippen molar-refractivity contribution in [3.63, 3.8) is 0 Å². The summed E-state index contributed by atoms with van der Waals surface area (Å²) in [6.45, 7) is 8.15. The van der Waals surface area contributed by atoms with Crippen LogP contribution in [0.2, 0.25) is 0 Å². The molecule has 3 nitrogen and oxygen atoms in total. The lowest BCUT2D eigenvalue weighted by atomic mass is 9.45. The van der Waals surface area contributed by atoms with Gasteiger partial charge in [0.1, 0.15) is 0 Å². The molecule has 3 rings (SSSR count). The molecule has 1 aromatic rings. The first-order valence-electron chi connectivity index (χ1n) is 6.87. The van der Waals surface area contributed by atoms with Crippen molar-refractivity contribution in [2.75, 3.05) is 7.11 Å². The lowest BCUT2D eigenvalue weighted by molar-refractivity contribution is -0.181. The molecule has 1 N–H and O–H groups in total. The third-order valence-electron chi connectivity index (χ3n) is 6.12. The fourth-order valence-electron chi connectivity index (χ4n) is 4.51. The Labute approximate surface area is 119 Å². The van der Waals surface area contributed by atoms with Gasteiger partial charge in [-0.15, -0.1) is 0 Å². The Bertz CT molecular complexity index is 660. The average molecular weight is 272 g/mol. The summed E-state index contributed by atoms with van der Waals surface area (Å²) >= 11 is 0. The summed E-state index contributed by atoms with van der Waals surface area (Å²) < 4.78 is 4.93. The van der Waals surface area contributed by atoms with E-state index >= 15 is 0 Å². The van der Waals surface area contributed by atoms with Crippen molar-refractivity contribution in [1.82, 2.24) is 0 Å². The van der Waals surface area contributed by atoms with E-state index in [0.717, 1.165) is 11.1 Å². The first-order valence-corrected chi connectivity index (χ1v) is 6.87. The molecule has 0 aromatic heterocycles. The molecule has 0 saturated carbocycles. The Morgan fingerprint density at radius 2 is 1.65 bits per heavy atom. The number of carbonyl (C=O) groups excluding carboxylic acids is 1. The maximum absolute atomic E-state index is 12.4. The van der Waals surface area contributed by atoms with Crippen molar-refractivity contribution in [2.45, 2.75) is 38.7 Å². The van der Waals surface area contributed by atoms with Gasteiger partial charge in [0.05, 0.1) is 7.11 Å². The maximum atomic E-state index is 12.4. The van der Waals surface area contributed by atoms with E-state index in [1.54, 1.807) is 0 Å². The van der Waals surface area contributed by atoms with Crippen molar-refractivity contribution in [1.29, 1.82) is 0 Å². The summed E-state index contributed by atoms with van der Waals surface area (Å²) in [4.78, 5) is 12.4. The molecule has 0 saturated heterocycles. The molecule has 20 heavy (non-hydrogen) atoms. The van der Waals surface area contributed by atoms with Crippen molar-refractivity contribution in [3.05, 3.63) is 46.5 Å². The summed E-state index contributed by atoms with van der Waals surface area (Å²) in [5, 5.41) is 11.3. The van der Waals surface area contributed by atoms with Crippen LogP contribution in [-0.2, 0) is 20.5 Å². The normalized spacial score (nSPS) is 38.1. The Hall–Kier alpha value is -1.61. The molecule has 0 amide bonds. The van der Waals surface area contributed by atoms with Gasteiger partial charge < -0.3 is 9.84 Å². The Balaban J connectivity index is 2.41. The van der Waals surface area contributed by atoms with E-state index in [1.165, 1.54) is 12.7 Å². The van der Waals surface area contributed by atoms with Crippen molar-refractivity contribution in [3.8, 4) is 0 Å². The quantitative estimate of drug-likeness (QED) is 0.631. The van der Waals surface area contributed by atoms with E-state index in [0.29, 0.717) is 5.56 Å². The smallest absolute Gasteiger partial charge is 0.343 e. The van der Waals surface area contributed by atoms with Crippen LogP contribution in [0.5, 0.6) is 0 Å². The highest BCUT2D eigenvalue weighted by molar-refractivity contribution is 5.88. The fraction of sp³-hybridized carbons (Fsp3) is 0.471. The van der Waals surface area contributed by atoms with Crippen LogP contribution in [0.3, 0.4) is 0 Å². The van der Waals surface area contributed by atoms with Crippen molar-refractivity contribution in [2.24, 2.45) is 5.41 Å². The third-order valence-corrected chi connectivity index (χ3v) is 6.12. The molecule has 0 fully saturated rings. The van der Waals surface area contributed by atoms with Gasteiger partial charge in [-0.3, -0.25) is 0 Å². The van der Waals surface area contributed by atoms with Crippen LogP contribution in [0.15, 0.2) is 35.4 Å². The number of allylic oxidation sites excluding steroid dienone is 1. The lowest BCUT2D eigenvalue weighted by Crippen LogP contribution is -2.60. The van der Waals surface area contributed by atoms with Gasteiger partial charge in [0.2, 0.25) is 0 Å². The molecule has 3 atom stereocenters. The summed E-state index contributed by atoms with van der Waals surface area (Å²) in [6.07, 6.45) is 0. The SMILES string of the molecule is COC(=O)[C@]1(O)c2ccccc2[C@@]2(C)C(C)=C(C)[C@@]21C. The number of carbonyl (C=O) groups is 1. The molecule has 0 radical (unpaired) electrons. The Morgan fingerprint density at radius 1 is 1.10 bits per heavy atom. The molecule has 106 valence electrons. The van der Waals surface area contributed by atoms with Crippen LogP contribution < -0.4 is 0 Å². The topological polar surface area (TPSA) is 46.5 Å². The first-order chi connectivity index (χ1) is 9.27. The lowest BCUT2D eigenvalue weighted by Gasteiger charge is -2.57. The second kappa shape index (κ2) is 3.53. The predicted octanol–water partition coefficient (Wildman–Crippen LogP) is 2.67. The molecular formula is C17H20O3. The first kappa shape index (κ1) is 13.4. The predicted molar refractivity (Wildman–Crippen MR) is 76.2 cm³/mol. The minimum absolute atomic E-state index is 0.323. The van der Waals surface area contributed by atoms with Crippen molar-refractivity contribution >= 4 is 5.97 Å². The number of hydrogen-bond acceptors (Lipinski definition) is 3. The standard InChI is InChI=1S/C17H20O3/c1-10-11(2)16(4)15(10,3)12-8-6-7-9-13(12)17(16,19)14(18)20-5/h6-9,19H,1-5H3/t15-,16+,17-/m1/s1. The summed E-state index contributed by atoms with van der Waals surface area (Å²) in [5.41, 5.74) is 1.41. The van der Waals surface area contributed by atoms with E-state index < -0.39 is 17.0 Å². The van der Waals surface area contributed by atoms with Crippen LogP contribution in [0.1, 0.15) is 38.8 Å². The van der Waals surface area contributed by atoms with Gasteiger partial charge in [0.15, 0.2) is 5.60 Å². The molecule has 1 aromatic carbocycles. The number of fused-ring (bicyclic) bond motifs is 3. The largest absolute Gasteiger partial charge is 0.467 e. The Kier molecular flexibility index (Phi) is 2.36. The molecule has 0 heterocycles. The molecular weight excluding hydrogens is 252 g/mol. The van der Waals surface area contributed by atoms with Crippen LogP contribution in [0.4, 0.5) is 0 Å². The van der Waals surface area contributed by atoms with E-state index in [9.17, 15) is 9.90 Å². The molecule has 2 aliphatic rings. The molecule has 0 bridgehead atoms. The zero-order chi connectivity index (χ0) is 14.9. The fourth-order valence-corrected chi connectivity index (χ4v) is 4.51. The third kappa shape index (κ3) is 0.966. The van der Waals surface area contributed by atoms with Crippen molar-refractivity contribution < 1.29 is 14.6 Å². The minimum Gasteiger partial charge on any atom is -0.467 e. The minimum atomic E-state index is -1.61. The highest BCUT2D eigenvalue weighted by atomic mass is 16.5. The van der Waals surface area contributed by atoms with Gasteiger partial charge in [0.25, 0.3) is 0 Å². The van der Waals surface area contributed by atoms with Gasteiger partial charge in [-0.05, 0) is 25.0 Å². The number of methoxy groups -OCH3 is 1. The number of benzene rings is 1. The highest BCUT2D eigenvalue weighted by Crippen LogP contribution is 2.73. The van der Waals surface area contributed by atoms with Gasteiger partial charge >= 0.3 is 5.97 Å². The number of hydrogen-bond donors (Lipinski definition) is 1. The van der Waals surface area contributed by atoms with Crippen LogP contribution in [-0.4, -0.2) is 18.2 Å². The van der Waals surface area contributed by atoms with E-state index in [1.807, 2.05) is 38.1 Å². The summed E-state index contributed by atoms with van der Waals surface area (Å²) in [5.74, 6) is -0.581. The van der Waals surface area contributed by atoms with Gasteiger partial charge in [-0.1, -0.05) is 49.3 Å². The van der Waals surface area contributed by atoms with Gasteiger partial charge in [-0.2, -0.15) is 0 Å². The average Bonchev–Trinajstić information content (AvgIpc) is 2.63. The van der Waals surface area contributed by atoms with Crippen LogP contribution >= 0.6 is 0 Å². The van der Waals surface area contributed by atoms with Crippen LogP contribution in [0.25, 0.3) is 0 Å². The molecule has 0 spiro atoms. The molecule has 0 aliphatic heterocycles. The van der Waals surface area contributed by atoms with E-state index in [4.69, 9.17) is 4.74 Å². The maximum Gasteiger partial charge on any atom is 0.343 e. The monoisotopic (exact) mass is 272 g/mol. The molecule has 3 heteroatoms. The zero-order valence-corrected chi connectivity index (χ0v) is 12.6.